The van der Waals surface area contributed by atoms with E-state index < -0.39 is 0 Å². The fourth-order valence-corrected chi connectivity index (χ4v) is 2.67. The maximum absolute atomic E-state index is 14.0. The van der Waals surface area contributed by atoms with Gasteiger partial charge in [0.05, 0.1) is 0 Å². The Labute approximate surface area is 114 Å². The van der Waals surface area contributed by atoms with Gasteiger partial charge in [-0.3, -0.25) is 0 Å². The summed E-state index contributed by atoms with van der Waals surface area (Å²) in [4.78, 5) is 0. The molecule has 0 spiro atoms. The average molecular weight is 257 g/mol. The van der Waals surface area contributed by atoms with Crippen molar-refractivity contribution in [2.24, 2.45) is 0 Å². The first-order chi connectivity index (χ1) is 9.02. The molecule has 1 N–H and O–H groups in total. The van der Waals surface area contributed by atoms with Crippen molar-refractivity contribution in [2.45, 2.75) is 27.3 Å². The largest absolute Gasteiger partial charge is 0.316 e. The third-order valence-electron chi connectivity index (χ3n) is 3.39. The molecule has 0 aromatic heterocycles. The van der Waals surface area contributed by atoms with Crippen molar-refractivity contribution in [3.05, 3.63) is 58.4 Å². The SMILES string of the molecule is CNCc1ccc(-c2c(C)cc(C)cc2C)cc1F. The van der Waals surface area contributed by atoms with E-state index in [0.717, 1.165) is 11.1 Å². The molecule has 0 aliphatic heterocycles. The summed E-state index contributed by atoms with van der Waals surface area (Å²) >= 11 is 0. The molecule has 1 nitrogen and oxygen atoms in total. The number of benzene rings is 2. The first-order valence-corrected chi connectivity index (χ1v) is 6.54. The van der Waals surface area contributed by atoms with Gasteiger partial charge in [-0.15, -0.1) is 0 Å². The van der Waals surface area contributed by atoms with Gasteiger partial charge in [-0.2, -0.15) is 0 Å². The van der Waals surface area contributed by atoms with Crippen LogP contribution in [-0.2, 0) is 6.54 Å². The lowest BCUT2D eigenvalue weighted by atomic mass is 9.93. The third kappa shape index (κ3) is 2.85. The maximum atomic E-state index is 14.0. The summed E-state index contributed by atoms with van der Waals surface area (Å²) in [6.45, 7) is 6.79. The summed E-state index contributed by atoms with van der Waals surface area (Å²) < 4.78 is 14.0. The van der Waals surface area contributed by atoms with Gasteiger partial charge in [-0.25, -0.2) is 4.39 Å². The molecule has 0 saturated carbocycles. The topological polar surface area (TPSA) is 12.0 Å². The number of nitrogens with one attached hydrogen (secondary N) is 1. The van der Waals surface area contributed by atoms with Crippen LogP contribution in [0.3, 0.4) is 0 Å². The first-order valence-electron chi connectivity index (χ1n) is 6.54. The summed E-state index contributed by atoms with van der Waals surface area (Å²) in [6, 6.07) is 9.78. The van der Waals surface area contributed by atoms with Crippen LogP contribution in [0.2, 0.25) is 0 Å². The van der Waals surface area contributed by atoms with Crippen molar-refractivity contribution in [3.8, 4) is 11.1 Å². The highest BCUT2D eigenvalue weighted by Crippen LogP contribution is 2.29. The van der Waals surface area contributed by atoms with E-state index in [9.17, 15) is 4.39 Å². The molecule has 100 valence electrons. The van der Waals surface area contributed by atoms with Crippen LogP contribution in [0.1, 0.15) is 22.3 Å². The summed E-state index contributed by atoms with van der Waals surface area (Å²) in [5.74, 6) is -0.147. The summed E-state index contributed by atoms with van der Waals surface area (Å²) in [6.07, 6.45) is 0. The molecular formula is C17H20FN. The monoisotopic (exact) mass is 257 g/mol. The zero-order valence-corrected chi connectivity index (χ0v) is 12.0. The Kier molecular flexibility index (Phi) is 4.01. The fraction of sp³-hybridized carbons (Fsp3) is 0.294. The minimum absolute atomic E-state index is 0.147. The molecule has 0 saturated heterocycles. The van der Waals surface area contributed by atoms with Crippen molar-refractivity contribution in [1.29, 1.82) is 0 Å². The zero-order valence-electron chi connectivity index (χ0n) is 12.0. The highest BCUT2D eigenvalue weighted by atomic mass is 19.1. The molecule has 2 heteroatoms. The predicted molar refractivity (Wildman–Crippen MR) is 78.8 cm³/mol. The summed E-state index contributed by atoms with van der Waals surface area (Å²) in [5, 5.41) is 2.97. The molecule has 2 rings (SSSR count). The highest BCUT2D eigenvalue weighted by molar-refractivity contribution is 5.71. The molecule has 2 aromatic carbocycles. The normalized spacial score (nSPS) is 10.8. The molecule has 0 fully saturated rings. The Balaban J connectivity index is 2.51. The lowest BCUT2D eigenvalue weighted by molar-refractivity contribution is 0.601. The quantitative estimate of drug-likeness (QED) is 0.871. The van der Waals surface area contributed by atoms with Gasteiger partial charge >= 0.3 is 0 Å². The second-order valence-corrected chi connectivity index (χ2v) is 5.11. The van der Waals surface area contributed by atoms with Gasteiger partial charge in [-0.05, 0) is 56.1 Å². The second-order valence-electron chi connectivity index (χ2n) is 5.11. The van der Waals surface area contributed by atoms with Crippen LogP contribution in [0.15, 0.2) is 30.3 Å². The number of hydrogen-bond acceptors (Lipinski definition) is 1. The molecular weight excluding hydrogens is 237 g/mol. The molecule has 0 radical (unpaired) electrons. The molecule has 0 atom stereocenters. The number of hydrogen-bond donors (Lipinski definition) is 1. The molecule has 0 bridgehead atoms. The summed E-state index contributed by atoms with van der Waals surface area (Å²) in [7, 11) is 1.82. The Morgan fingerprint density at radius 2 is 1.63 bits per heavy atom. The van der Waals surface area contributed by atoms with E-state index in [1.165, 1.54) is 16.7 Å². The number of aryl methyl sites for hydroxylation is 3. The van der Waals surface area contributed by atoms with Gasteiger partial charge in [0.1, 0.15) is 5.82 Å². The van der Waals surface area contributed by atoms with Gasteiger partial charge < -0.3 is 5.32 Å². The van der Waals surface area contributed by atoms with E-state index in [1.54, 1.807) is 6.07 Å². The van der Waals surface area contributed by atoms with Crippen molar-refractivity contribution < 1.29 is 4.39 Å². The van der Waals surface area contributed by atoms with Gasteiger partial charge in [0, 0.05) is 12.1 Å². The molecule has 0 unspecified atom stereocenters. The van der Waals surface area contributed by atoms with E-state index in [4.69, 9.17) is 0 Å². The van der Waals surface area contributed by atoms with Crippen molar-refractivity contribution >= 4 is 0 Å². The predicted octanol–water partition coefficient (Wildman–Crippen LogP) is 4.14. The van der Waals surface area contributed by atoms with Crippen LogP contribution in [0.25, 0.3) is 11.1 Å². The smallest absolute Gasteiger partial charge is 0.128 e. The van der Waals surface area contributed by atoms with E-state index in [2.05, 4.69) is 38.2 Å². The zero-order chi connectivity index (χ0) is 14.0. The minimum atomic E-state index is -0.147. The molecule has 0 amide bonds. The van der Waals surface area contributed by atoms with Crippen LogP contribution in [0, 0.1) is 26.6 Å². The number of rotatable bonds is 3. The van der Waals surface area contributed by atoms with Crippen LogP contribution in [-0.4, -0.2) is 7.05 Å². The van der Waals surface area contributed by atoms with Gasteiger partial charge in [0.2, 0.25) is 0 Å². The van der Waals surface area contributed by atoms with Gasteiger partial charge in [0.15, 0.2) is 0 Å². The Morgan fingerprint density at radius 3 is 2.16 bits per heavy atom. The van der Waals surface area contributed by atoms with Gasteiger partial charge in [0.25, 0.3) is 0 Å². The van der Waals surface area contributed by atoms with Crippen LogP contribution >= 0.6 is 0 Å². The van der Waals surface area contributed by atoms with Crippen LogP contribution < -0.4 is 5.32 Å². The van der Waals surface area contributed by atoms with E-state index in [-0.39, 0.29) is 5.82 Å². The maximum Gasteiger partial charge on any atom is 0.128 e. The Bertz CT molecular complexity index is 579. The molecule has 0 heterocycles. The summed E-state index contributed by atoms with van der Waals surface area (Å²) in [5.41, 5.74) is 6.42. The Hall–Kier alpha value is -1.67. The van der Waals surface area contributed by atoms with Crippen molar-refractivity contribution in [2.75, 3.05) is 7.05 Å². The van der Waals surface area contributed by atoms with Crippen LogP contribution in [0.5, 0.6) is 0 Å². The molecule has 2 aromatic rings. The van der Waals surface area contributed by atoms with Crippen LogP contribution in [0.4, 0.5) is 4.39 Å². The molecule has 19 heavy (non-hydrogen) atoms. The minimum Gasteiger partial charge on any atom is -0.316 e. The van der Waals surface area contributed by atoms with E-state index in [1.807, 2.05) is 19.2 Å². The Morgan fingerprint density at radius 1 is 1.00 bits per heavy atom. The fourth-order valence-electron chi connectivity index (χ4n) is 2.67. The van der Waals surface area contributed by atoms with Crippen molar-refractivity contribution in [3.63, 3.8) is 0 Å². The van der Waals surface area contributed by atoms with E-state index >= 15 is 0 Å². The first kappa shape index (κ1) is 13.8. The second kappa shape index (κ2) is 5.54. The highest BCUT2D eigenvalue weighted by Gasteiger charge is 2.09. The van der Waals surface area contributed by atoms with Crippen molar-refractivity contribution in [1.82, 2.24) is 5.32 Å². The molecule has 0 aliphatic rings. The average Bonchev–Trinajstić information content (AvgIpc) is 2.31. The van der Waals surface area contributed by atoms with Gasteiger partial charge in [-0.1, -0.05) is 29.8 Å². The standard InChI is InChI=1S/C17H20FN/c1-11-7-12(2)17(13(3)8-11)14-5-6-15(10-19-4)16(18)9-14/h5-9,19H,10H2,1-4H3. The lowest BCUT2D eigenvalue weighted by Crippen LogP contribution is -2.07. The molecule has 0 aliphatic carbocycles. The third-order valence-corrected chi connectivity index (χ3v) is 3.39. The van der Waals surface area contributed by atoms with E-state index in [0.29, 0.717) is 12.1 Å². The lowest BCUT2D eigenvalue weighted by Gasteiger charge is -2.13. The number of halogens is 1.